The summed E-state index contributed by atoms with van der Waals surface area (Å²) in [7, 11) is 0. The number of nitrogens with one attached hydrogen (secondary N) is 2. The first-order valence-corrected chi connectivity index (χ1v) is 6.81. The average molecular weight is 294 g/mol. The van der Waals surface area contributed by atoms with Crippen LogP contribution >= 0.6 is 12.4 Å². The van der Waals surface area contributed by atoms with Crippen LogP contribution in [0.2, 0.25) is 0 Å². The predicted octanol–water partition coefficient (Wildman–Crippen LogP) is 2.37. The number of hydrogen-bond acceptors (Lipinski definition) is 4. The molecule has 2 aromatic heterocycles. The van der Waals surface area contributed by atoms with Crippen molar-refractivity contribution in [2.75, 3.05) is 13.1 Å². The third kappa shape index (κ3) is 3.16. The smallest absolute Gasteiger partial charge is 0.174 e. The molecule has 3 rings (SSSR count). The van der Waals surface area contributed by atoms with Crippen LogP contribution < -0.4 is 5.32 Å². The number of halogens is 1. The highest BCUT2D eigenvalue weighted by molar-refractivity contribution is 5.85. The van der Waals surface area contributed by atoms with Crippen molar-refractivity contribution in [3.05, 3.63) is 29.2 Å². The van der Waals surface area contributed by atoms with Gasteiger partial charge in [-0.05, 0) is 57.5 Å². The molecular formula is C14H20ClN5. The van der Waals surface area contributed by atoms with Gasteiger partial charge < -0.3 is 5.32 Å². The van der Waals surface area contributed by atoms with Gasteiger partial charge in [-0.3, -0.25) is 5.10 Å². The molecule has 5 nitrogen and oxygen atoms in total. The molecule has 3 heterocycles. The van der Waals surface area contributed by atoms with E-state index >= 15 is 0 Å². The highest BCUT2D eigenvalue weighted by Crippen LogP contribution is 2.24. The second-order valence-electron chi connectivity index (χ2n) is 5.24. The van der Waals surface area contributed by atoms with E-state index in [1.54, 1.807) is 0 Å². The summed E-state index contributed by atoms with van der Waals surface area (Å²) in [4.78, 5) is 9.15. The largest absolute Gasteiger partial charge is 0.317 e. The number of aryl methyl sites for hydroxylation is 2. The van der Waals surface area contributed by atoms with Crippen molar-refractivity contribution in [2.24, 2.45) is 0 Å². The van der Waals surface area contributed by atoms with Crippen LogP contribution in [0, 0.1) is 13.8 Å². The van der Waals surface area contributed by atoms with Crippen LogP contribution in [0.3, 0.4) is 0 Å². The molecule has 1 aliphatic heterocycles. The molecule has 6 heteroatoms. The van der Waals surface area contributed by atoms with Crippen LogP contribution in [-0.2, 0) is 0 Å². The Morgan fingerprint density at radius 3 is 2.55 bits per heavy atom. The molecule has 0 atom stereocenters. The second kappa shape index (κ2) is 6.33. The Morgan fingerprint density at radius 1 is 1.10 bits per heavy atom. The minimum Gasteiger partial charge on any atom is -0.317 e. The van der Waals surface area contributed by atoms with Crippen molar-refractivity contribution in [3.63, 3.8) is 0 Å². The Morgan fingerprint density at radius 2 is 1.85 bits per heavy atom. The van der Waals surface area contributed by atoms with Gasteiger partial charge in [-0.15, -0.1) is 12.4 Å². The molecule has 0 amide bonds. The van der Waals surface area contributed by atoms with Crippen LogP contribution in [0.5, 0.6) is 0 Å². The van der Waals surface area contributed by atoms with Gasteiger partial charge in [-0.2, -0.15) is 5.10 Å². The van der Waals surface area contributed by atoms with Gasteiger partial charge in [-0.25, -0.2) is 9.97 Å². The molecule has 0 aliphatic carbocycles. The summed E-state index contributed by atoms with van der Waals surface area (Å²) in [6.07, 6.45) is 2.22. The maximum Gasteiger partial charge on any atom is 0.174 e. The fraction of sp³-hybridized carbons (Fsp3) is 0.500. The number of hydrogen-bond donors (Lipinski definition) is 2. The normalized spacial score (nSPS) is 15.9. The van der Waals surface area contributed by atoms with Crippen LogP contribution in [-0.4, -0.2) is 33.3 Å². The number of aromatic amines is 1. The van der Waals surface area contributed by atoms with E-state index in [-0.39, 0.29) is 12.4 Å². The molecule has 0 saturated carbocycles. The zero-order valence-electron chi connectivity index (χ0n) is 11.8. The lowest BCUT2D eigenvalue weighted by Crippen LogP contribution is -2.27. The van der Waals surface area contributed by atoms with Gasteiger partial charge in [0.15, 0.2) is 11.6 Å². The minimum atomic E-state index is 0. The first-order chi connectivity index (χ1) is 9.22. The molecule has 2 N–H and O–H groups in total. The molecule has 1 fully saturated rings. The molecule has 1 aliphatic rings. The van der Waals surface area contributed by atoms with Crippen LogP contribution in [0.4, 0.5) is 0 Å². The van der Waals surface area contributed by atoms with Crippen molar-refractivity contribution >= 4 is 12.4 Å². The van der Waals surface area contributed by atoms with Crippen molar-refractivity contribution in [2.45, 2.75) is 32.6 Å². The third-order valence-electron chi connectivity index (χ3n) is 3.55. The predicted molar refractivity (Wildman–Crippen MR) is 81.2 cm³/mol. The average Bonchev–Trinajstić information content (AvgIpc) is 2.88. The molecule has 0 radical (unpaired) electrons. The number of H-pyrrole nitrogens is 1. The summed E-state index contributed by atoms with van der Waals surface area (Å²) in [5.41, 5.74) is 3.09. The van der Waals surface area contributed by atoms with Crippen LogP contribution in [0.1, 0.15) is 35.8 Å². The van der Waals surface area contributed by atoms with Gasteiger partial charge in [0.05, 0.1) is 0 Å². The van der Waals surface area contributed by atoms with E-state index in [4.69, 9.17) is 0 Å². The summed E-state index contributed by atoms with van der Waals surface area (Å²) in [6.45, 7) is 6.18. The van der Waals surface area contributed by atoms with Gasteiger partial charge in [0.1, 0.15) is 5.69 Å². The Kier molecular flexibility index (Phi) is 4.73. The Bertz CT molecular complexity index is 554. The third-order valence-corrected chi connectivity index (χ3v) is 3.55. The highest BCUT2D eigenvalue weighted by Gasteiger charge is 2.20. The Balaban J connectivity index is 0.00000147. The van der Waals surface area contributed by atoms with Gasteiger partial charge >= 0.3 is 0 Å². The SMILES string of the molecule is Cc1cc(C)nc(-c2nc(C3CCNCC3)n[nH]2)c1.Cl. The topological polar surface area (TPSA) is 66.5 Å². The number of aromatic nitrogens is 4. The zero-order valence-corrected chi connectivity index (χ0v) is 12.6. The van der Waals surface area contributed by atoms with Crippen molar-refractivity contribution in [1.29, 1.82) is 0 Å². The molecule has 0 unspecified atom stereocenters. The summed E-state index contributed by atoms with van der Waals surface area (Å²) < 4.78 is 0. The maximum atomic E-state index is 4.63. The lowest BCUT2D eigenvalue weighted by atomic mass is 9.98. The van der Waals surface area contributed by atoms with E-state index in [9.17, 15) is 0 Å². The lowest BCUT2D eigenvalue weighted by molar-refractivity contribution is 0.446. The van der Waals surface area contributed by atoms with E-state index < -0.39 is 0 Å². The van der Waals surface area contributed by atoms with Gasteiger partial charge in [0, 0.05) is 11.6 Å². The van der Waals surface area contributed by atoms with Crippen molar-refractivity contribution in [1.82, 2.24) is 25.5 Å². The highest BCUT2D eigenvalue weighted by atomic mass is 35.5. The molecule has 108 valence electrons. The van der Waals surface area contributed by atoms with Crippen LogP contribution in [0.15, 0.2) is 12.1 Å². The Labute approximate surface area is 125 Å². The van der Waals surface area contributed by atoms with Crippen molar-refractivity contribution in [3.8, 4) is 11.5 Å². The van der Waals surface area contributed by atoms with E-state index in [0.29, 0.717) is 5.92 Å². The zero-order chi connectivity index (χ0) is 13.2. The van der Waals surface area contributed by atoms with Gasteiger partial charge in [-0.1, -0.05) is 0 Å². The second-order valence-corrected chi connectivity index (χ2v) is 5.24. The molecule has 2 aromatic rings. The van der Waals surface area contributed by atoms with Crippen LogP contribution in [0.25, 0.3) is 11.5 Å². The summed E-state index contributed by atoms with van der Waals surface area (Å²) >= 11 is 0. The molecule has 1 saturated heterocycles. The number of pyridine rings is 1. The monoisotopic (exact) mass is 293 g/mol. The fourth-order valence-electron chi connectivity index (χ4n) is 2.61. The number of rotatable bonds is 2. The quantitative estimate of drug-likeness (QED) is 0.892. The van der Waals surface area contributed by atoms with E-state index in [2.05, 4.69) is 38.5 Å². The molecule has 0 bridgehead atoms. The molecule has 0 spiro atoms. The summed E-state index contributed by atoms with van der Waals surface area (Å²) in [5, 5.41) is 10.8. The molecular weight excluding hydrogens is 274 g/mol. The molecule has 20 heavy (non-hydrogen) atoms. The number of piperidine rings is 1. The first-order valence-electron chi connectivity index (χ1n) is 6.81. The molecule has 0 aromatic carbocycles. The maximum absolute atomic E-state index is 4.63. The summed E-state index contributed by atoms with van der Waals surface area (Å²) in [6, 6.07) is 4.10. The minimum absolute atomic E-state index is 0. The van der Waals surface area contributed by atoms with Crippen molar-refractivity contribution < 1.29 is 0 Å². The lowest BCUT2D eigenvalue weighted by Gasteiger charge is -2.19. The fourth-order valence-corrected chi connectivity index (χ4v) is 2.61. The standard InChI is InChI=1S/C14H19N5.ClH/c1-9-7-10(2)16-12(8-9)14-17-13(18-19-14)11-3-5-15-6-4-11;/h7-8,11,15H,3-6H2,1-2H3,(H,17,18,19);1H. The van der Waals surface area contributed by atoms with Gasteiger partial charge in [0.2, 0.25) is 0 Å². The number of nitrogens with zero attached hydrogens (tertiary/aromatic N) is 3. The van der Waals surface area contributed by atoms with E-state index in [1.807, 2.05) is 13.0 Å². The van der Waals surface area contributed by atoms with E-state index in [0.717, 1.165) is 49.0 Å². The summed E-state index contributed by atoms with van der Waals surface area (Å²) in [5.74, 6) is 2.18. The van der Waals surface area contributed by atoms with E-state index in [1.165, 1.54) is 5.56 Å². The van der Waals surface area contributed by atoms with Gasteiger partial charge in [0.25, 0.3) is 0 Å². The Hall–Kier alpha value is -1.46. The first kappa shape index (κ1) is 14.9.